The van der Waals surface area contributed by atoms with Crippen LogP contribution in [0.1, 0.15) is 6.92 Å². The topological polar surface area (TPSA) is 71.4 Å². The highest BCUT2D eigenvalue weighted by Gasteiger charge is 2.01. The average Bonchev–Trinajstić information content (AvgIpc) is 1.95. The fraction of sp³-hybridized carbons (Fsp3) is 0.625. The first kappa shape index (κ1) is 13.5. The molecule has 0 atom stereocenters. The van der Waals surface area contributed by atoms with Crippen molar-refractivity contribution in [1.82, 2.24) is 0 Å². The molecular weight excluding hydrogens is 224 g/mol. The highest BCUT2D eigenvalue weighted by molar-refractivity contribution is 8.00. The Hall–Kier alpha value is -0.490. The second kappa shape index (κ2) is 6.08. The Labute approximate surface area is 88.3 Å². The van der Waals surface area contributed by atoms with Crippen LogP contribution in [0.3, 0.4) is 0 Å². The maximum atomic E-state index is 10.7. The molecular formula is C8H14O4S2. The van der Waals surface area contributed by atoms with Crippen molar-refractivity contribution in [1.29, 1.82) is 0 Å². The summed E-state index contributed by atoms with van der Waals surface area (Å²) in [5.41, 5.74) is 0.732. The SMILES string of the molecule is CC(=CC(=O)O)CSCCS(C)(=O)=O. The minimum atomic E-state index is -2.90. The summed E-state index contributed by atoms with van der Waals surface area (Å²) in [6.07, 6.45) is 2.32. The number of carbonyl (C=O) groups is 1. The molecule has 0 aromatic rings. The Morgan fingerprint density at radius 2 is 2.07 bits per heavy atom. The third-order valence-corrected chi connectivity index (χ3v) is 3.65. The highest BCUT2D eigenvalue weighted by Crippen LogP contribution is 2.07. The van der Waals surface area contributed by atoms with Crippen LogP contribution in [0.2, 0.25) is 0 Å². The van der Waals surface area contributed by atoms with Gasteiger partial charge in [-0.3, -0.25) is 0 Å². The molecule has 0 aliphatic rings. The molecule has 0 fully saturated rings. The van der Waals surface area contributed by atoms with Crippen LogP contribution in [0.4, 0.5) is 0 Å². The molecule has 0 aliphatic carbocycles. The summed E-state index contributed by atoms with van der Waals surface area (Å²) in [6.45, 7) is 1.71. The van der Waals surface area contributed by atoms with Crippen LogP contribution in [0.5, 0.6) is 0 Å². The second-order valence-electron chi connectivity index (χ2n) is 3.01. The molecule has 0 rings (SSSR count). The summed E-state index contributed by atoms with van der Waals surface area (Å²) >= 11 is 1.42. The molecule has 0 aromatic carbocycles. The highest BCUT2D eigenvalue weighted by atomic mass is 32.2. The smallest absolute Gasteiger partial charge is 0.328 e. The predicted octanol–water partition coefficient (Wildman–Crippen LogP) is 0.795. The van der Waals surface area contributed by atoms with Gasteiger partial charge >= 0.3 is 5.97 Å². The molecule has 0 aliphatic heterocycles. The van der Waals surface area contributed by atoms with Gasteiger partial charge in [0.15, 0.2) is 0 Å². The summed E-state index contributed by atoms with van der Waals surface area (Å²) < 4.78 is 21.5. The summed E-state index contributed by atoms with van der Waals surface area (Å²) in [5.74, 6) is 0.231. The molecule has 0 spiro atoms. The van der Waals surface area contributed by atoms with Crippen molar-refractivity contribution in [2.75, 3.05) is 23.5 Å². The van der Waals surface area contributed by atoms with Crippen LogP contribution in [0, 0.1) is 0 Å². The van der Waals surface area contributed by atoms with Crippen LogP contribution in [-0.2, 0) is 14.6 Å². The molecule has 0 unspecified atom stereocenters. The molecule has 0 saturated carbocycles. The number of carboxylic acid groups (broad SMARTS) is 1. The number of hydrogen-bond acceptors (Lipinski definition) is 4. The molecule has 1 N–H and O–H groups in total. The van der Waals surface area contributed by atoms with Crippen molar-refractivity contribution < 1.29 is 18.3 Å². The van der Waals surface area contributed by atoms with Gasteiger partial charge < -0.3 is 5.11 Å². The zero-order valence-electron chi connectivity index (χ0n) is 8.19. The lowest BCUT2D eigenvalue weighted by Crippen LogP contribution is -2.05. The Morgan fingerprint density at radius 1 is 1.50 bits per heavy atom. The molecule has 0 saturated heterocycles. The van der Waals surface area contributed by atoms with E-state index in [-0.39, 0.29) is 5.75 Å². The van der Waals surface area contributed by atoms with Crippen LogP contribution in [0.15, 0.2) is 11.6 Å². The minimum Gasteiger partial charge on any atom is -0.478 e. The van der Waals surface area contributed by atoms with E-state index in [4.69, 9.17) is 5.11 Å². The molecule has 0 radical (unpaired) electrons. The van der Waals surface area contributed by atoms with Gasteiger partial charge in [0.05, 0.1) is 5.75 Å². The van der Waals surface area contributed by atoms with Gasteiger partial charge in [0.1, 0.15) is 9.84 Å². The van der Waals surface area contributed by atoms with Crippen molar-refractivity contribution in [2.45, 2.75) is 6.92 Å². The third kappa shape index (κ3) is 9.60. The van der Waals surface area contributed by atoms with Crippen LogP contribution >= 0.6 is 11.8 Å². The van der Waals surface area contributed by atoms with Crippen LogP contribution < -0.4 is 0 Å². The number of aliphatic carboxylic acids is 1. The van der Waals surface area contributed by atoms with Crippen molar-refractivity contribution >= 4 is 27.6 Å². The molecule has 0 aromatic heterocycles. The molecule has 82 valence electrons. The summed E-state index contributed by atoms with van der Waals surface area (Å²) in [5, 5.41) is 8.39. The average molecular weight is 238 g/mol. The lowest BCUT2D eigenvalue weighted by molar-refractivity contribution is -0.131. The molecule has 0 amide bonds. The normalized spacial score (nSPS) is 12.9. The van der Waals surface area contributed by atoms with Gasteiger partial charge in [0.2, 0.25) is 0 Å². The van der Waals surface area contributed by atoms with E-state index < -0.39 is 15.8 Å². The van der Waals surface area contributed by atoms with Gasteiger partial charge in [-0.15, -0.1) is 0 Å². The van der Waals surface area contributed by atoms with Gasteiger partial charge in [-0.05, 0) is 6.92 Å². The van der Waals surface area contributed by atoms with E-state index in [2.05, 4.69) is 0 Å². The van der Waals surface area contributed by atoms with E-state index in [1.54, 1.807) is 6.92 Å². The van der Waals surface area contributed by atoms with E-state index in [0.717, 1.165) is 11.6 Å². The zero-order valence-corrected chi connectivity index (χ0v) is 9.82. The first-order valence-corrected chi connectivity index (χ1v) is 7.18. The first-order valence-electron chi connectivity index (χ1n) is 3.97. The number of hydrogen-bond donors (Lipinski definition) is 1. The maximum Gasteiger partial charge on any atom is 0.328 e. The fourth-order valence-corrected chi connectivity index (χ4v) is 2.93. The Bertz CT molecular complexity index is 316. The van der Waals surface area contributed by atoms with Gasteiger partial charge in [-0.25, -0.2) is 13.2 Å². The molecule has 0 heterocycles. The van der Waals surface area contributed by atoms with Gasteiger partial charge in [-0.1, -0.05) is 5.57 Å². The maximum absolute atomic E-state index is 10.7. The van der Waals surface area contributed by atoms with Crippen molar-refractivity contribution in [3.63, 3.8) is 0 Å². The first-order chi connectivity index (χ1) is 6.31. The number of thioether (sulfide) groups is 1. The minimum absolute atomic E-state index is 0.137. The summed E-state index contributed by atoms with van der Waals surface area (Å²) in [7, 11) is -2.90. The van der Waals surface area contributed by atoms with E-state index in [1.165, 1.54) is 18.0 Å². The van der Waals surface area contributed by atoms with E-state index in [9.17, 15) is 13.2 Å². The largest absolute Gasteiger partial charge is 0.478 e. The van der Waals surface area contributed by atoms with E-state index in [0.29, 0.717) is 11.5 Å². The van der Waals surface area contributed by atoms with Crippen molar-refractivity contribution in [3.05, 3.63) is 11.6 Å². The van der Waals surface area contributed by atoms with Gasteiger partial charge in [-0.2, -0.15) is 11.8 Å². The standard InChI is InChI=1S/C8H14O4S2/c1-7(5-8(9)10)6-13-3-4-14(2,11)12/h5H,3-4,6H2,1-2H3,(H,9,10). The second-order valence-corrected chi connectivity index (χ2v) is 6.38. The van der Waals surface area contributed by atoms with E-state index >= 15 is 0 Å². The molecule has 6 heteroatoms. The lowest BCUT2D eigenvalue weighted by atomic mass is 10.3. The Kier molecular flexibility index (Phi) is 5.87. The van der Waals surface area contributed by atoms with Gasteiger partial charge in [0.25, 0.3) is 0 Å². The molecule has 0 bridgehead atoms. The Morgan fingerprint density at radius 3 is 2.50 bits per heavy atom. The summed E-state index contributed by atoms with van der Waals surface area (Å²) in [4.78, 5) is 10.2. The van der Waals surface area contributed by atoms with Crippen molar-refractivity contribution in [3.8, 4) is 0 Å². The van der Waals surface area contributed by atoms with Crippen LogP contribution in [-0.4, -0.2) is 43.0 Å². The number of carboxylic acids is 1. The zero-order chi connectivity index (χ0) is 11.2. The van der Waals surface area contributed by atoms with Crippen molar-refractivity contribution in [2.24, 2.45) is 0 Å². The predicted molar refractivity (Wildman–Crippen MR) is 58.4 cm³/mol. The monoisotopic (exact) mass is 238 g/mol. The van der Waals surface area contributed by atoms with Gasteiger partial charge in [0, 0.05) is 23.8 Å². The molecule has 14 heavy (non-hydrogen) atoms. The number of rotatable bonds is 6. The summed E-state index contributed by atoms with van der Waals surface area (Å²) in [6, 6.07) is 0. The van der Waals surface area contributed by atoms with E-state index in [1.807, 2.05) is 0 Å². The fourth-order valence-electron chi connectivity index (χ4n) is 0.696. The molecule has 4 nitrogen and oxygen atoms in total. The third-order valence-electron chi connectivity index (χ3n) is 1.30. The van der Waals surface area contributed by atoms with Crippen LogP contribution in [0.25, 0.3) is 0 Å². The quantitative estimate of drug-likeness (QED) is 0.547. The number of sulfone groups is 1. The Balaban J connectivity index is 3.71. The lowest BCUT2D eigenvalue weighted by Gasteiger charge is -2.00.